The van der Waals surface area contributed by atoms with Crippen molar-refractivity contribution in [3.05, 3.63) is 60.7 Å². The monoisotopic (exact) mass is 346 g/mol. The highest BCUT2D eigenvalue weighted by molar-refractivity contribution is 7.99. The van der Waals surface area contributed by atoms with Gasteiger partial charge in [-0.3, -0.25) is 0 Å². The molecule has 0 radical (unpaired) electrons. The van der Waals surface area contributed by atoms with Crippen molar-refractivity contribution in [1.29, 1.82) is 5.26 Å². The highest BCUT2D eigenvalue weighted by Crippen LogP contribution is 2.29. The van der Waals surface area contributed by atoms with E-state index in [1.165, 1.54) is 0 Å². The molecule has 0 aliphatic rings. The predicted octanol–water partition coefficient (Wildman–Crippen LogP) is 4.99. The van der Waals surface area contributed by atoms with Crippen LogP contribution in [0, 0.1) is 11.3 Å². The van der Waals surface area contributed by atoms with E-state index in [-0.39, 0.29) is 0 Å². The van der Waals surface area contributed by atoms with Gasteiger partial charge in [0.05, 0.1) is 6.07 Å². The van der Waals surface area contributed by atoms with Gasteiger partial charge < -0.3 is 0 Å². The lowest BCUT2D eigenvalue weighted by molar-refractivity contribution is 0.818. The largest absolute Gasteiger partial charge is 0.219 e. The molecule has 0 unspecified atom stereocenters. The summed E-state index contributed by atoms with van der Waals surface area (Å²) in [5.74, 6) is 0.891. The van der Waals surface area contributed by atoms with Crippen molar-refractivity contribution in [2.45, 2.75) is 24.4 Å². The Labute approximate surface area is 152 Å². The van der Waals surface area contributed by atoms with Gasteiger partial charge in [0.2, 0.25) is 5.16 Å². The minimum absolute atomic E-state index is 0.599. The topological polar surface area (TPSA) is 62.5 Å². The molecule has 4 nitrogen and oxygen atoms in total. The molecule has 124 valence electrons. The molecule has 0 saturated heterocycles. The van der Waals surface area contributed by atoms with Crippen LogP contribution in [0.25, 0.3) is 22.5 Å². The Bertz CT molecular complexity index is 845. The van der Waals surface area contributed by atoms with Gasteiger partial charge >= 0.3 is 0 Å². The molecule has 0 saturated carbocycles. The second-order valence-corrected chi connectivity index (χ2v) is 6.55. The number of thioether (sulfide) groups is 1. The molecular formula is C20H18N4S. The number of unbranched alkanes of at least 4 members (excludes halogenated alkanes) is 2. The second kappa shape index (κ2) is 8.95. The molecule has 0 aliphatic heterocycles. The summed E-state index contributed by atoms with van der Waals surface area (Å²) < 4.78 is 0. The van der Waals surface area contributed by atoms with Crippen molar-refractivity contribution in [3.63, 3.8) is 0 Å². The normalized spacial score (nSPS) is 10.4. The average Bonchev–Trinajstić information content (AvgIpc) is 2.69. The Morgan fingerprint density at radius 1 is 0.800 bits per heavy atom. The first-order valence-corrected chi connectivity index (χ1v) is 9.22. The van der Waals surface area contributed by atoms with Crippen LogP contribution in [-0.2, 0) is 0 Å². The summed E-state index contributed by atoms with van der Waals surface area (Å²) in [4.78, 5) is 4.76. The van der Waals surface area contributed by atoms with Gasteiger partial charge in [0, 0.05) is 23.3 Å². The predicted molar refractivity (Wildman–Crippen MR) is 101 cm³/mol. The summed E-state index contributed by atoms with van der Waals surface area (Å²) in [6.45, 7) is 0. The second-order valence-electron chi connectivity index (χ2n) is 5.49. The molecule has 0 aliphatic carbocycles. The maximum absolute atomic E-state index is 8.59. The lowest BCUT2D eigenvalue weighted by Crippen LogP contribution is -1.99. The maximum atomic E-state index is 8.59. The SMILES string of the molecule is N#CCCCCSc1nnc(-c2ccccc2)c(-c2ccccc2)n1. The Hall–Kier alpha value is -2.71. The lowest BCUT2D eigenvalue weighted by atomic mass is 10.0. The third-order valence-corrected chi connectivity index (χ3v) is 4.60. The minimum Gasteiger partial charge on any atom is -0.219 e. The Kier molecular flexibility index (Phi) is 6.13. The third-order valence-electron chi connectivity index (χ3n) is 3.68. The first kappa shape index (κ1) is 17.1. The first-order valence-electron chi connectivity index (χ1n) is 8.24. The molecule has 25 heavy (non-hydrogen) atoms. The summed E-state index contributed by atoms with van der Waals surface area (Å²) in [5.41, 5.74) is 3.68. The Balaban J connectivity index is 1.88. The molecule has 0 amide bonds. The van der Waals surface area contributed by atoms with Gasteiger partial charge in [-0.2, -0.15) is 5.26 Å². The van der Waals surface area contributed by atoms with Crippen molar-refractivity contribution in [1.82, 2.24) is 15.2 Å². The Morgan fingerprint density at radius 2 is 1.44 bits per heavy atom. The molecule has 1 heterocycles. The first-order chi connectivity index (χ1) is 12.4. The van der Waals surface area contributed by atoms with Crippen molar-refractivity contribution < 1.29 is 0 Å². The van der Waals surface area contributed by atoms with E-state index in [4.69, 9.17) is 10.2 Å². The van der Waals surface area contributed by atoms with Crippen LogP contribution >= 0.6 is 11.8 Å². The van der Waals surface area contributed by atoms with E-state index in [1.807, 2.05) is 60.7 Å². The van der Waals surface area contributed by atoms with Crippen molar-refractivity contribution in [2.24, 2.45) is 0 Å². The fourth-order valence-electron chi connectivity index (χ4n) is 2.43. The van der Waals surface area contributed by atoms with Gasteiger partial charge in [0.1, 0.15) is 11.4 Å². The molecule has 5 heteroatoms. The van der Waals surface area contributed by atoms with E-state index < -0.39 is 0 Å². The number of hydrogen-bond acceptors (Lipinski definition) is 5. The van der Waals surface area contributed by atoms with Crippen LogP contribution < -0.4 is 0 Å². The van der Waals surface area contributed by atoms with Crippen LogP contribution in [0.15, 0.2) is 65.8 Å². The number of nitrogens with zero attached hydrogens (tertiary/aromatic N) is 4. The van der Waals surface area contributed by atoms with Gasteiger partial charge in [-0.25, -0.2) is 4.98 Å². The molecule has 1 aromatic heterocycles. The van der Waals surface area contributed by atoms with E-state index in [1.54, 1.807) is 11.8 Å². The van der Waals surface area contributed by atoms with Crippen molar-refractivity contribution in [3.8, 4) is 28.6 Å². The van der Waals surface area contributed by atoms with Crippen molar-refractivity contribution in [2.75, 3.05) is 5.75 Å². The quantitative estimate of drug-likeness (QED) is 0.445. The van der Waals surface area contributed by atoms with Crippen LogP contribution in [0.3, 0.4) is 0 Å². The van der Waals surface area contributed by atoms with E-state index in [0.29, 0.717) is 11.6 Å². The standard InChI is InChI=1S/C20H18N4S/c21-14-8-3-9-15-25-20-22-18(16-10-4-1-5-11-16)19(23-24-20)17-12-6-2-7-13-17/h1-2,4-7,10-13H,3,8-9,15H2. The molecule has 0 bridgehead atoms. The van der Waals surface area contributed by atoms with Gasteiger partial charge in [-0.15, -0.1) is 10.2 Å². The molecule has 3 aromatic rings. The van der Waals surface area contributed by atoms with Crippen LogP contribution in [0.5, 0.6) is 0 Å². The average molecular weight is 346 g/mol. The zero-order valence-corrected chi connectivity index (χ0v) is 14.6. The molecule has 2 aromatic carbocycles. The van der Waals surface area contributed by atoms with Gasteiger partial charge in [0.15, 0.2) is 0 Å². The summed E-state index contributed by atoms with van der Waals surface area (Å²) in [7, 11) is 0. The van der Waals surface area contributed by atoms with Crippen molar-refractivity contribution >= 4 is 11.8 Å². The van der Waals surface area contributed by atoms with Crippen LogP contribution in [-0.4, -0.2) is 20.9 Å². The molecule has 0 fully saturated rings. The zero-order chi connectivity index (χ0) is 17.3. The van der Waals surface area contributed by atoms with Crippen LogP contribution in [0.4, 0.5) is 0 Å². The zero-order valence-electron chi connectivity index (χ0n) is 13.8. The van der Waals surface area contributed by atoms with E-state index in [0.717, 1.165) is 41.1 Å². The Morgan fingerprint density at radius 3 is 2.08 bits per heavy atom. The molecule has 0 atom stereocenters. The van der Waals surface area contributed by atoms with Gasteiger partial charge in [-0.1, -0.05) is 72.4 Å². The number of hydrogen-bond donors (Lipinski definition) is 0. The highest BCUT2D eigenvalue weighted by atomic mass is 32.2. The summed E-state index contributed by atoms with van der Waals surface area (Å²) in [6.07, 6.45) is 2.48. The number of nitriles is 1. The summed E-state index contributed by atoms with van der Waals surface area (Å²) in [5, 5.41) is 18.0. The molecular weight excluding hydrogens is 328 g/mol. The number of benzene rings is 2. The molecule has 0 N–H and O–H groups in total. The maximum Gasteiger partial charge on any atom is 0.209 e. The molecule has 0 spiro atoms. The van der Waals surface area contributed by atoms with E-state index in [2.05, 4.69) is 16.3 Å². The van der Waals surface area contributed by atoms with Gasteiger partial charge in [-0.05, 0) is 12.8 Å². The van der Waals surface area contributed by atoms with Crippen LogP contribution in [0.1, 0.15) is 19.3 Å². The lowest BCUT2D eigenvalue weighted by Gasteiger charge is -2.09. The van der Waals surface area contributed by atoms with E-state index in [9.17, 15) is 0 Å². The summed E-state index contributed by atoms with van der Waals surface area (Å²) in [6, 6.07) is 22.2. The fraction of sp³-hybridized carbons (Fsp3) is 0.200. The van der Waals surface area contributed by atoms with Gasteiger partial charge in [0.25, 0.3) is 0 Å². The third kappa shape index (κ3) is 4.65. The number of rotatable bonds is 7. The number of aromatic nitrogens is 3. The highest BCUT2D eigenvalue weighted by Gasteiger charge is 2.13. The smallest absolute Gasteiger partial charge is 0.209 e. The summed E-state index contributed by atoms with van der Waals surface area (Å²) >= 11 is 1.59. The minimum atomic E-state index is 0.599. The fourth-order valence-corrected chi connectivity index (χ4v) is 3.22. The van der Waals surface area contributed by atoms with Crippen LogP contribution in [0.2, 0.25) is 0 Å². The molecule has 3 rings (SSSR count). The van der Waals surface area contributed by atoms with E-state index >= 15 is 0 Å².